The monoisotopic (exact) mass is 552 g/mol. The van der Waals surface area contributed by atoms with Crippen LogP contribution in [0.1, 0.15) is 11.3 Å². The molecule has 0 atom stereocenters. The van der Waals surface area contributed by atoms with Gasteiger partial charge in [0.05, 0.1) is 10.9 Å². The summed E-state index contributed by atoms with van der Waals surface area (Å²) in [5.41, 5.74) is 0.385. The SMILES string of the molecule is Cn1cc(C(F)(F)F)nc1-c1ccc(CNc2nc(-c3cccnc3OC(F)F)ncc2P(C)(C)=O)cc1. The number of halogens is 5. The number of ether oxygens (including phenoxy) is 1. The Morgan fingerprint density at radius 1 is 1.08 bits per heavy atom. The van der Waals surface area contributed by atoms with Gasteiger partial charge < -0.3 is 19.2 Å². The van der Waals surface area contributed by atoms with Crippen molar-refractivity contribution >= 4 is 18.3 Å². The Labute approximate surface area is 214 Å². The molecule has 14 heteroatoms. The van der Waals surface area contributed by atoms with Gasteiger partial charge in [-0.15, -0.1) is 0 Å². The van der Waals surface area contributed by atoms with E-state index in [0.717, 1.165) is 11.8 Å². The Bertz CT molecular complexity index is 1480. The van der Waals surface area contributed by atoms with E-state index in [2.05, 4.69) is 30.0 Å². The maximum Gasteiger partial charge on any atom is 0.434 e. The van der Waals surface area contributed by atoms with Crippen molar-refractivity contribution in [3.63, 3.8) is 0 Å². The zero-order chi connectivity index (χ0) is 27.7. The zero-order valence-corrected chi connectivity index (χ0v) is 21.3. The molecule has 3 aromatic heterocycles. The van der Waals surface area contributed by atoms with Gasteiger partial charge in [-0.05, 0) is 31.0 Å². The number of anilines is 1. The molecular weight excluding hydrogens is 530 g/mol. The lowest BCUT2D eigenvalue weighted by atomic mass is 10.1. The van der Waals surface area contributed by atoms with Crippen LogP contribution in [0.3, 0.4) is 0 Å². The maximum atomic E-state index is 13.0. The summed E-state index contributed by atoms with van der Waals surface area (Å²) in [6.45, 7) is 0.206. The van der Waals surface area contributed by atoms with Crippen molar-refractivity contribution in [3.8, 4) is 28.7 Å². The highest BCUT2D eigenvalue weighted by Gasteiger charge is 2.34. The van der Waals surface area contributed by atoms with E-state index in [1.54, 1.807) is 37.6 Å². The van der Waals surface area contributed by atoms with Gasteiger partial charge in [-0.2, -0.15) is 22.0 Å². The van der Waals surface area contributed by atoms with Crippen LogP contribution in [0.15, 0.2) is 55.0 Å². The van der Waals surface area contributed by atoms with Crippen LogP contribution in [0.2, 0.25) is 0 Å². The van der Waals surface area contributed by atoms with Gasteiger partial charge in [0.2, 0.25) is 5.88 Å². The molecule has 0 aliphatic carbocycles. The van der Waals surface area contributed by atoms with Crippen LogP contribution >= 0.6 is 7.14 Å². The Hall–Kier alpha value is -3.86. The van der Waals surface area contributed by atoms with Crippen LogP contribution in [0, 0.1) is 0 Å². The number of hydrogen-bond acceptors (Lipinski definition) is 7. The fourth-order valence-corrected chi connectivity index (χ4v) is 4.57. The number of imidazole rings is 1. The molecule has 1 aromatic carbocycles. The van der Waals surface area contributed by atoms with Crippen molar-refractivity contribution in [1.29, 1.82) is 0 Å². The van der Waals surface area contributed by atoms with Gasteiger partial charge in [0.15, 0.2) is 11.5 Å². The molecule has 4 aromatic rings. The fraction of sp³-hybridized carbons (Fsp3) is 0.250. The summed E-state index contributed by atoms with van der Waals surface area (Å²) in [5.74, 6) is 0.0870. The molecule has 38 heavy (non-hydrogen) atoms. The number of nitrogens with one attached hydrogen (secondary N) is 1. The van der Waals surface area contributed by atoms with Crippen molar-refractivity contribution in [2.24, 2.45) is 7.05 Å². The smallest absolute Gasteiger partial charge is 0.416 e. The average molecular weight is 552 g/mol. The predicted octanol–water partition coefficient (Wildman–Crippen LogP) is 5.42. The van der Waals surface area contributed by atoms with Gasteiger partial charge in [-0.25, -0.2) is 19.9 Å². The van der Waals surface area contributed by atoms with E-state index in [1.165, 1.54) is 36.1 Å². The van der Waals surface area contributed by atoms with Crippen molar-refractivity contribution in [1.82, 2.24) is 24.5 Å². The third-order valence-corrected chi connectivity index (χ3v) is 6.89. The van der Waals surface area contributed by atoms with E-state index in [9.17, 15) is 26.5 Å². The lowest BCUT2D eigenvalue weighted by molar-refractivity contribution is -0.140. The largest absolute Gasteiger partial charge is 0.434 e. The van der Waals surface area contributed by atoms with Gasteiger partial charge in [0.25, 0.3) is 0 Å². The summed E-state index contributed by atoms with van der Waals surface area (Å²) in [6, 6.07) is 9.68. The van der Waals surface area contributed by atoms with E-state index in [1.807, 2.05) is 0 Å². The molecule has 0 spiro atoms. The van der Waals surface area contributed by atoms with Crippen molar-refractivity contribution < 1.29 is 31.3 Å². The van der Waals surface area contributed by atoms with E-state index in [-0.39, 0.29) is 35.5 Å². The van der Waals surface area contributed by atoms with E-state index >= 15 is 0 Å². The number of alkyl halides is 5. The van der Waals surface area contributed by atoms with Crippen molar-refractivity contribution in [2.75, 3.05) is 18.6 Å². The molecule has 0 saturated heterocycles. The third kappa shape index (κ3) is 6.16. The summed E-state index contributed by atoms with van der Waals surface area (Å²) in [4.78, 5) is 16.1. The van der Waals surface area contributed by atoms with Gasteiger partial charge in [-0.3, -0.25) is 0 Å². The Kier molecular flexibility index (Phi) is 7.50. The Morgan fingerprint density at radius 2 is 1.79 bits per heavy atom. The molecule has 200 valence electrons. The predicted molar refractivity (Wildman–Crippen MR) is 132 cm³/mol. The van der Waals surface area contributed by atoms with Gasteiger partial charge in [0.1, 0.15) is 18.8 Å². The second kappa shape index (κ2) is 10.5. The van der Waals surface area contributed by atoms with Gasteiger partial charge >= 0.3 is 12.8 Å². The molecule has 3 heterocycles. The first kappa shape index (κ1) is 27.2. The summed E-state index contributed by atoms with van der Waals surface area (Å²) < 4.78 is 83.3. The second-order valence-electron chi connectivity index (χ2n) is 8.62. The molecule has 0 bridgehead atoms. The number of nitrogens with zero attached hydrogens (tertiary/aromatic N) is 5. The van der Waals surface area contributed by atoms with Gasteiger partial charge in [0, 0.05) is 37.7 Å². The minimum Gasteiger partial charge on any atom is -0.416 e. The standard InChI is InChI=1S/C24H22F5N6O2P/c1-35-13-18(24(27,28)29)33-21(35)15-8-6-14(7-9-15)11-31-20-17(38(2,3)36)12-32-19(34-20)16-5-4-10-30-22(16)37-23(25)26/h4-10,12-13,23H,11H2,1-3H3,(H,31,32,34). The number of benzene rings is 1. The minimum absolute atomic E-state index is 0.0408. The van der Waals surface area contributed by atoms with E-state index in [0.29, 0.717) is 10.9 Å². The maximum absolute atomic E-state index is 13.0. The Morgan fingerprint density at radius 3 is 2.39 bits per heavy atom. The highest BCUT2D eigenvalue weighted by Crippen LogP contribution is 2.38. The molecule has 0 unspecified atom stereocenters. The normalized spacial score (nSPS) is 12.1. The van der Waals surface area contributed by atoms with E-state index < -0.39 is 25.6 Å². The van der Waals surface area contributed by atoms with Crippen molar-refractivity contribution in [2.45, 2.75) is 19.3 Å². The highest BCUT2D eigenvalue weighted by atomic mass is 31.2. The summed E-state index contributed by atoms with van der Waals surface area (Å²) >= 11 is 0. The summed E-state index contributed by atoms with van der Waals surface area (Å²) in [7, 11) is -1.36. The zero-order valence-electron chi connectivity index (χ0n) is 20.4. The first-order chi connectivity index (χ1) is 17.8. The number of aromatic nitrogens is 5. The molecule has 0 saturated carbocycles. The summed E-state index contributed by atoms with van der Waals surface area (Å²) in [6.07, 6.45) is -0.965. The number of hydrogen-bond donors (Lipinski definition) is 1. The van der Waals surface area contributed by atoms with Crippen molar-refractivity contribution in [3.05, 3.63) is 66.2 Å². The molecule has 1 N–H and O–H groups in total. The molecule has 0 radical (unpaired) electrons. The van der Waals surface area contributed by atoms with Crippen LogP contribution in [0.4, 0.5) is 27.8 Å². The molecule has 0 amide bonds. The van der Waals surface area contributed by atoms with Crippen LogP contribution in [0.5, 0.6) is 5.88 Å². The van der Waals surface area contributed by atoms with Crippen LogP contribution in [-0.4, -0.2) is 44.4 Å². The number of rotatable bonds is 8. The molecule has 8 nitrogen and oxygen atoms in total. The van der Waals surface area contributed by atoms with E-state index in [4.69, 9.17) is 0 Å². The topological polar surface area (TPSA) is 94.8 Å². The number of pyridine rings is 1. The first-order valence-electron chi connectivity index (χ1n) is 11.1. The Balaban J connectivity index is 1.60. The fourth-order valence-electron chi connectivity index (χ4n) is 3.60. The highest BCUT2D eigenvalue weighted by molar-refractivity contribution is 7.70. The molecule has 0 aliphatic rings. The van der Waals surface area contributed by atoms with Crippen LogP contribution in [0.25, 0.3) is 22.8 Å². The molecular formula is C24H22F5N6O2P. The second-order valence-corrected chi connectivity index (χ2v) is 11.8. The molecule has 0 aliphatic heterocycles. The summed E-state index contributed by atoms with van der Waals surface area (Å²) in [5, 5.41) is 3.45. The molecule has 0 fully saturated rings. The quantitative estimate of drug-likeness (QED) is 0.231. The van der Waals surface area contributed by atoms with Crippen LogP contribution in [-0.2, 0) is 24.3 Å². The minimum atomic E-state index is -4.55. The number of aryl methyl sites for hydroxylation is 1. The lowest BCUT2D eigenvalue weighted by Gasteiger charge is -2.16. The average Bonchev–Trinajstić information content (AvgIpc) is 3.24. The first-order valence-corrected chi connectivity index (χ1v) is 13.7. The van der Waals surface area contributed by atoms with Crippen LogP contribution < -0.4 is 15.4 Å². The van der Waals surface area contributed by atoms with Gasteiger partial charge in [-0.1, -0.05) is 24.3 Å². The lowest BCUT2D eigenvalue weighted by Crippen LogP contribution is -2.16. The molecule has 4 rings (SSSR count). The third-order valence-electron chi connectivity index (χ3n) is 5.40.